The molecule has 0 N–H and O–H groups in total. The van der Waals surface area contributed by atoms with Crippen LogP contribution in [0.5, 0.6) is 0 Å². The fourth-order valence-corrected chi connectivity index (χ4v) is 18.7. The minimum atomic E-state index is 0.388. The first-order valence-corrected chi connectivity index (χ1v) is 41.7. The molecule has 0 radical (unpaired) electrons. The van der Waals surface area contributed by atoms with Crippen LogP contribution in [0.25, 0.3) is 233 Å². The van der Waals surface area contributed by atoms with E-state index >= 15 is 0 Å². The first-order chi connectivity index (χ1) is 60.1. The van der Waals surface area contributed by atoms with Gasteiger partial charge in [0.25, 0.3) is 0 Å². The maximum atomic E-state index is 7.07. The highest BCUT2D eigenvalue weighted by atomic mass is 16.4. The maximum absolute atomic E-state index is 7.07. The van der Waals surface area contributed by atoms with E-state index in [1.807, 2.05) is 24.3 Å². The lowest BCUT2D eigenvalue weighted by atomic mass is 9.73. The van der Waals surface area contributed by atoms with Gasteiger partial charge in [0.15, 0.2) is 0 Å². The zero-order valence-electron chi connectivity index (χ0n) is 67.7. The van der Waals surface area contributed by atoms with E-state index in [1.54, 1.807) is 0 Å². The van der Waals surface area contributed by atoms with Crippen molar-refractivity contribution in [2.24, 2.45) is 0 Å². The second-order valence-electron chi connectivity index (χ2n) is 32.2. The average molecular weight is 1560 g/mol. The molecule has 122 heavy (non-hydrogen) atoms. The number of aryl methyl sites for hydroxylation is 4. The van der Waals surface area contributed by atoms with Crippen molar-refractivity contribution in [1.82, 2.24) is 20.4 Å². The molecule has 0 saturated heterocycles. The van der Waals surface area contributed by atoms with E-state index in [0.29, 0.717) is 23.6 Å². The molecule has 0 aliphatic carbocycles. The van der Waals surface area contributed by atoms with Gasteiger partial charge in [-0.2, -0.15) is 0 Å². The molecule has 2 aromatic heterocycles. The highest BCUT2D eigenvalue weighted by molar-refractivity contribution is 6.46. The zero-order chi connectivity index (χ0) is 81.5. The summed E-state index contributed by atoms with van der Waals surface area (Å²) in [7, 11) is 0. The Kier molecular flexibility index (Phi) is 18.1. The lowest BCUT2D eigenvalue weighted by Crippen LogP contribution is -2.02. The minimum absolute atomic E-state index is 0.388. The largest absolute Gasteiger partial charge is 0.416 e. The zero-order valence-corrected chi connectivity index (χ0v) is 67.7. The third kappa shape index (κ3) is 12.8. The summed E-state index contributed by atoms with van der Waals surface area (Å²) in [6.07, 6.45) is 0. The molecule has 0 fully saturated rings. The molecule has 22 aromatic rings. The van der Waals surface area contributed by atoms with Crippen molar-refractivity contribution < 1.29 is 8.83 Å². The lowest BCUT2D eigenvalue weighted by Gasteiger charge is -2.29. The van der Waals surface area contributed by atoms with E-state index in [0.717, 1.165) is 166 Å². The Morgan fingerprint density at radius 2 is 0.328 bits per heavy atom. The predicted octanol–water partition coefficient (Wildman–Crippen LogP) is 31.6. The van der Waals surface area contributed by atoms with Crippen LogP contribution in [0.3, 0.4) is 0 Å². The molecule has 0 aliphatic heterocycles. The van der Waals surface area contributed by atoms with Crippen LogP contribution in [-0.4, -0.2) is 20.4 Å². The predicted molar refractivity (Wildman–Crippen MR) is 507 cm³/mol. The Balaban J connectivity index is 0.872. The van der Waals surface area contributed by atoms with Gasteiger partial charge in [-0.3, -0.25) is 0 Å². The van der Waals surface area contributed by atoms with Crippen molar-refractivity contribution in [1.29, 1.82) is 0 Å². The molecule has 574 valence electrons. The number of rotatable bonds is 16. The normalized spacial score (nSPS) is 11.6. The Hall–Kier alpha value is -15.8. The van der Waals surface area contributed by atoms with Crippen LogP contribution in [0.15, 0.2) is 409 Å². The number of hydrogen-bond acceptors (Lipinski definition) is 6. The molecular weight excluding hydrogens is 1480 g/mol. The summed E-state index contributed by atoms with van der Waals surface area (Å²) >= 11 is 0. The van der Waals surface area contributed by atoms with Gasteiger partial charge in [-0.25, -0.2) is 0 Å². The molecule has 0 unspecified atom stereocenters. The minimum Gasteiger partial charge on any atom is -0.416 e. The quantitative estimate of drug-likeness (QED) is 0.0709. The first kappa shape index (κ1) is 72.7. The molecule has 20 aromatic carbocycles. The van der Waals surface area contributed by atoms with Gasteiger partial charge in [0.1, 0.15) is 0 Å². The molecule has 0 saturated carbocycles. The lowest BCUT2D eigenvalue weighted by molar-refractivity contribution is 0.584. The molecule has 0 spiro atoms. The topological polar surface area (TPSA) is 77.8 Å². The van der Waals surface area contributed by atoms with Crippen molar-refractivity contribution in [3.8, 4) is 179 Å². The third-order valence-electron chi connectivity index (χ3n) is 24.4. The smallest absolute Gasteiger partial charge is 0.248 e. The van der Waals surface area contributed by atoms with Crippen LogP contribution < -0.4 is 0 Å². The summed E-state index contributed by atoms with van der Waals surface area (Å²) < 4.78 is 14.1. The summed E-state index contributed by atoms with van der Waals surface area (Å²) in [4.78, 5) is 0. The number of hydrogen-bond donors (Lipinski definition) is 0. The highest BCUT2D eigenvalue weighted by Crippen LogP contribution is 2.61. The van der Waals surface area contributed by atoms with E-state index in [9.17, 15) is 0 Å². The molecular formula is C116H78N4O2. The number of fused-ring (bicyclic) bond motifs is 6. The Morgan fingerprint density at radius 1 is 0.139 bits per heavy atom. The van der Waals surface area contributed by atoms with Gasteiger partial charge in [0.2, 0.25) is 23.6 Å². The molecule has 2 heterocycles. The van der Waals surface area contributed by atoms with Crippen LogP contribution in [0, 0.1) is 27.7 Å². The Morgan fingerprint density at radius 3 is 0.598 bits per heavy atom. The Bertz CT molecular complexity index is 7180. The molecule has 0 aliphatic rings. The molecule has 0 atom stereocenters. The van der Waals surface area contributed by atoms with E-state index in [-0.39, 0.29) is 0 Å². The maximum Gasteiger partial charge on any atom is 0.248 e. The van der Waals surface area contributed by atoms with Gasteiger partial charge in [-0.1, -0.05) is 362 Å². The van der Waals surface area contributed by atoms with Crippen LogP contribution >= 0.6 is 0 Å². The third-order valence-corrected chi connectivity index (χ3v) is 24.4. The van der Waals surface area contributed by atoms with Crippen LogP contribution in [-0.2, 0) is 0 Å². The summed E-state index contributed by atoms with van der Waals surface area (Å²) in [6.45, 7) is 8.75. The van der Waals surface area contributed by atoms with E-state index < -0.39 is 0 Å². The Labute approximate surface area is 708 Å². The van der Waals surface area contributed by atoms with E-state index in [1.165, 1.54) is 66.1 Å². The van der Waals surface area contributed by atoms with Gasteiger partial charge in [0, 0.05) is 22.3 Å². The van der Waals surface area contributed by atoms with Gasteiger partial charge in [-0.05, 0) is 276 Å². The van der Waals surface area contributed by atoms with Gasteiger partial charge >= 0.3 is 0 Å². The van der Waals surface area contributed by atoms with Crippen molar-refractivity contribution in [3.05, 3.63) is 423 Å². The molecule has 6 nitrogen and oxygen atoms in total. The van der Waals surface area contributed by atoms with Gasteiger partial charge < -0.3 is 8.83 Å². The number of aromatic nitrogens is 4. The average Bonchev–Trinajstić information content (AvgIpc) is 1.29. The van der Waals surface area contributed by atoms with Crippen molar-refractivity contribution >= 4 is 53.9 Å². The monoisotopic (exact) mass is 1560 g/mol. The molecule has 0 amide bonds. The molecule has 6 heteroatoms. The van der Waals surface area contributed by atoms with Gasteiger partial charge in [0.05, 0.1) is 0 Å². The van der Waals surface area contributed by atoms with Gasteiger partial charge in [-0.15, -0.1) is 20.4 Å². The van der Waals surface area contributed by atoms with Crippen LogP contribution in [0.1, 0.15) is 22.3 Å². The first-order valence-electron chi connectivity index (χ1n) is 41.7. The van der Waals surface area contributed by atoms with Crippen molar-refractivity contribution in [3.63, 3.8) is 0 Å². The SMILES string of the molecule is Cc1ccc(-c2c(-c3ccc(C)cc3)c(-c3ccc(C)cc3)c3c4cccc5c6c(-c7ccccc7)c(-c7cccc(-c8nnc(-c9cc(-c%10ccccc%10)cc(-c%10ccccc%10)c9)o8)c7)c(-c7cccc(-c8nnc(-c9cc(-c%10ccccc%10)cc(-c%10ccccc%10)c9)o8)c7)c(-c7ccccc7)c6c6cccc(c3c2-c2ccc(C)cc2)c6c45)cc1. The summed E-state index contributed by atoms with van der Waals surface area (Å²) in [5, 5.41) is 31.4. The van der Waals surface area contributed by atoms with E-state index in [2.05, 4.69) is 404 Å². The summed E-state index contributed by atoms with van der Waals surface area (Å²) in [6, 6.07) is 146. The molecule has 0 bridgehead atoms. The highest BCUT2D eigenvalue weighted by Gasteiger charge is 2.34. The second kappa shape index (κ2) is 30.3. The van der Waals surface area contributed by atoms with Crippen LogP contribution in [0.4, 0.5) is 0 Å². The van der Waals surface area contributed by atoms with Crippen molar-refractivity contribution in [2.75, 3.05) is 0 Å². The van der Waals surface area contributed by atoms with Crippen molar-refractivity contribution in [2.45, 2.75) is 27.7 Å². The summed E-state index contributed by atoms with van der Waals surface area (Å²) in [5.41, 5.74) is 33.9. The van der Waals surface area contributed by atoms with E-state index in [4.69, 9.17) is 29.2 Å². The number of nitrogens with zero attached hydrogens (tertiary/aromatic N) is 4. The number of benzene rings is 20. The standard InChI is InChI=1S/C116H78N4O2/c1-71-47-55-81(56-48-71)99-100(82-57-49-72(2)50-58-82)104(84-61-53-74(4)54-62-84)112-98-46-26-44-96-108(98)107-95(43-25-45-97(107)111(112)103(99)83-59-51-73(3)52-60-83)109-101(79-35-19-9-20-36-79)105(85-39-23-41-87(63-85)113-117-119-115(121-113)93-67-89(75-27-11-5-12-28-75)65-90(68-93)76-29-13-6-14-30-76)106(102(110(96)109)80-37-21-10-22-38-80)86-40-24-42-88(64-86)114-118-120-116(122-114)94-69-91(77-31-15-7-16-32-77)66-92(70-94)78-33-17-8-18-34-78/h5-70H,1-4H3. The fraction of sp³-hybridized carbons (Fsp3) is 0.0345. The van der Waals surface area contributed by atoms with Crippen LogP contribution in [0.2, 0.25) is 0 Å². The second-order valence-corrected chi connectivity index (χ2v) is 32.2. The summed E-state index contributed by atoms with van der Waals surface area (Å²) in [5.74, 6) is 1.60. The fourth-order valence-electron chi connectivity index (χ4n) is 18.7. The molecule has 22 rings (SSSR count).